The van der Waals surface area contributed by atoms with Crippen molar-refractivity contribution in [2.24, 2.45) is 0 Å². The van der Waals surface area contributed by atoms with Crippen molar-refractivity contribution in [3.63, 3.8) is 0 Å². The highest BCUT2D eigenvalue weighted by Gasteiger charge is 2.21. The summed E-state index contributed by atoms with van der Waals surface area (Å²) in [6.07, 6.45) is 3.48. The highest BCUT2D eigenvalue weighted by Crippen LogP contribution is 2.26. The van der Waals surface area contributed by atoms with Gasteiger partial charge in [0.2, 0.25) is 5.91 Å². The maximum atomic E-state index is 13.2. The lowest BCUT2D eigenvalue weighted by atomic mass is 10.2. The maximum absolute atomic E-state index is 13.2. The van der Waals surface area contributed by atoms with Crippen molar-refractivity contribution >= 4 is 34.7 Å². The Morgan fingerprint density at radius 1 is 0.971 bits per heavy atom. The number of thioether (sulfide) groups is 1. The van der Waals surface area contributed by atoms with E-state index in [2.05, 4.69) is 20.5 Å². The van der Waals surface area contributed by atoms with Crippen molar-refractivity contribution in [1.82, 2.24) is 19.7 Å². The zero-order chi connectivity index (χ0) is 23.9. The third kappa shape index (κ3) is 5.46. The Bertz CT molecular complexity index is 1210. The zero-order valence-electron chi connectivity index (χ0n) is 19.5. The standard InChI is InChI=1S/C26H28N6OS/c1-4-31-25(20-14-16-27-17-15-20)29-30-26(31)34-18-24(33)32(19(2)3)23-12-10-22(11-13-23)28-21-8-6-5-7-9-21/h5-17,19,28H,4,18H2,1-3H3. The van der Waals surface area contributed by atoms with E-state index >= 15 is 0 Å². The first-order valence-corrected chi connectivity index (χ1v) is 12.3. The van der Waals surface area contributed by atoms with E-state index in [1.165, 1.54) is 11.8 Å². The largest absolute Gasteiger partial charge is 0.356 e. The molecule has 0 aliphatic rings. The van der Waals surface area contributed by atoms with Crippen LogP contribution in [0.25, 0.3) is 11.4 Å². The van der Waals surface area contributed by atoms with Crippen LogP contribution in [-0.2, 0) is 11.3 Å². The molecule has 2 aromatic heterocycles. The van der Waals surface area contributed by atoms with Crippen LogP contribution in [0.3, 0.4) is 0 Å². The molecule has 0 aliphatic carbocycles. The summed E-state index contributed by atoms with van der Waals surface area (Å²) in [5, 5.41) is 12.8. The van der Waals surface area contributed by atoms with Gasteiger partial charge in [0.25, 0.3) is 0 Å². The van der Waals surface area contributed by atoms with Crippen LogP contribution in [0, 0.1) is 0 Å². The SMILES string of the molecule is CCn1c(SCC(=O)N(c2ccc(Nc3ccccc3)cc2)C(C)C)nnc1-c1ccncc1. The van der Waals surface area contributed by atoms with Gasteiger partial charge in [-0.1, -0.05) is 30.0 Å². The van der Waals surface area contributed by atoms with Gasteiger partial charge in [0.05, 0.1) is 5.75 Å². The van der Waals surface area contributed by atoms with Gasteiger partial charge in [-0.05, 0) is 69.3 Å². The molecule has 174 valence electrons. The number of nitrogens with one attached hydrogen (secondary N) is 1. The van der Waals surface area contributed by atoms with Crippen molar-refractivity contribution in [3.8, 4) is 11.4 Å². The van der Waals surface area contributed by atoms with Gasteiger partial charge in [-0.3, -0.25) is 9.78 Å². The average Bonchev–Trinajstić information content (AvgIpc) is 3.28. The minimum Gasteiger partial charge on any atom is -0.356 e. The molecule has 1 amide bonds. The Labute approximate surface area is 204 Å². The number of carbonyl (C=O) groups is 1. The van der Waals surface area contributed by atoms with Gasteiger partial charge in [-0.25, -0.2) is 0 Å². The first-order chi connectivity index (χ1) is 16.6. The fraction of sp³-hybridized carbons (Fsp3) is 0.231. The smallest absolute Gasteiger partial charge is 0.237 e. The summed E-state index contributed by atoms with van der Waals surface area (Å²) in [5.74, 6) is 1.08. The molecule has 0 fully saturated rings. The van der Waals surface area contributed by atoms with Gasteiger partial charge in [0, 0.05) is 47.6 Å². The number of hydrogen-bond donors (Lipinski definition) is 1. The van der Waals surface area contributed by atoms with Crippen LogP contribution in [0.5, 0.6) is 0 Å². The molecule has 2 aromatic carbocycles. The second-order valence-electron chi connectivity index (χ2n) is 7.97. The number of benzene rings is 2. The van der Waals surface area contributed by atoms with Crippen LogP contribution in [0.15, 0.2) is 84.3 Å². The molecule has 7 nitrogen and oxygen atoms in total. The number of rotatable bonds is 9. The monoisotopic (exact) mass is 472 g/mol. The minimum atomic E-state index is 0.0254. The minimum absolute atomic E-state index is 0.0254. The normalized spacial score (nSPS) is 10.9. The first kappa shape index (κ1) is 23.5. The summed E-state index contributed by atoms with van der Waals surface area (Å²) in [4.78, 5) is 19.1. The zero-order valence-corrected chi connectivity index (χ0v) is 20.4. The molecular weight excluding hydrogens is 444 g/mol. The Morgan fingerprint density at radius 2 is 1.65 bits per heavy atom. The fourth-order valence-electron chi connectivity index (χ4n) is 3.71. The highest BCUT2D eigenvalue weighted by atomic mass is 32.2. The number of aromatic nitrogens is 4. The van der Waals surface area contributed by atoms with Crippen molar-refractivity contribution in [2.75, 3.05) is 16.0 Å². The highest BCUT2D eigenvalue weighted by molar-refractivity contribution is 7.99. The quantitative estimate of drug-likeness (QED) is 0.318. The number of carbonyl (C=O) groups excluding carboxylic acids is 1. The van der Waals surface area contributed by atoms with Crippen LogP contribution in [-0.4, -0.2) is 37.5 Å². The van der Waals surface area contributed by atoms with E-state index in [9.17, 15) is 4.79 Å². The van der Waals surface area contributed by atoms with E-state index in [1.807, 2.05) is 97.0 Å². The number of nitrogens with zero attached hydrogens (tertiary/aromatic N) is 5. The predicted molar refractivity (Wildman–Crippen MR) is 138 cm³/mol. The topological polar surface area (TPSA) is 75.9 Å². The number of para-hydroxylation sites is 1. The molecule has 2 heterocycles. The fourth-order valence-corrected chi connectivity index (χ4v) is 4.58. The second-order valence-corrected chi connectivity index (χ2v) is 8.91. The molecule has 4 aromatic rings. The molecule has 0 saturated carbocycles. The van der Waals surface area contributed by atoms with Gasteiger partial charge in [-0.2, -0.15) is 0 Å². The Balaban J connectivity index is 1.45. The molecule has 0 unspecified atom stereocenters. The van der Waals surface area contributed by atoms with Crippen LogP contribution in [0.1, 0.15) is 20.8 Å². The van der Waals surface area contributed by atoms with Crippen molar-refractivity contribution in [2.45, 2.75) is 38.5 Å². The van der Waals surface area contributed by atoms with E-state index in [-0.39, 0.29) is 17.7 Å². The second kappa shape index (κ2) is 11.0. The molecule has 0 bridgehead atoms. The lowest BCUT2D eigenvalue weighted by molar-refractivity contribution is -0.116. The van der Waals surface area contributed by atoms with Crippen molar-refractivity contribution in [1.29, 1.82) is 0 Å². The molecule has 0 spiro atoms. The number of pyridine rings is 1. The van der Waals surface area contributed by atoms with Crippen LogP contribution in [0.2, 0.25) is 0 Å². The maximum Gasteiger partial charge on any atom is 0.237 e. The molecule has 0 aliphatic heterocycles. The summed E-state index contributed by atoms with van der Waals surface area (Å²) >= 11 is 1.41. The Morgan fingerprint density at radius 3 is 2.29 bits per heavy atom. The number of amides is 1. The third-order valence-corrected chi connectivity index (χ3v) is 6.24. The molecule has 4 rings (SSSR count). The molecule has 34 heavy (non-hydrogen) atoms. The van der Waals surface area contributed by atoms with Crippen molar-refractivity contribution < 1.29 is 4.79 Å². The van der Waals surface area contributed by atoms with Gasteiger partial charge in [0.15, 0.2) is 11.0 Å². The molecule has 0 radical (unpaired) electrons. The number of anilines is 3. The molecule has 0 atom stereocenters. The van der Waals surface area contributed by atoms with E-state index in [0.717, 1.165) is 33.6 Å². The predicted octanol–water partition coefficient (Wildman–Crippen LogP) is 5.64. The van der Waals surface area contributed by atoms with E-state index < -0.39 is 0 Å². The van der Waals surface area contributed by atoms with E-state index in [1.54, 1.807) is 12.4 Å². The molecule has 8 heteroatoms. The summed E-state index contributed by atoms with van der Waals surface area (Å²) in [6, 6.07) is 21.8. The lowest BCUT2D eigenvalue weighted by Crippen LogP contribution is -2.38. The summed E-state index contributed by atoms with van der Waals surface area (Å²) < 4.78 is 2.02. The van der Waals surface area contributed by atoms with Crippen LogP contribution >= 0.6 is 11.8 Å². The Kier molecular flexibility index (Phi) is 7.59. The Hall–Kier alpha value is -3.65. The summed E-state index contributed by atoms with van der Waals surface area (Å²) in [5.41, 5.74) is 3.82. The molecular formula is C26H28N6OS. The first-order valence-electron chi connectivity index (χ1n) is 11.3. The lowest BCUT2D eigenvalue weighted by Gasteiger charge is -2.27. The van der Waals surface area contributed by atoms with Gasteiger partial charge < -0.3 is 14.8 Å². The number of hydrogen-bond acceptors (Lipinski definition) is 6. The summed E-state index contributed by atoms with van der Waals surface area (Å²) in [7, 11) is 0. The van der Waals surface area contributed by atoms with Crippen LogP contribution < -0.4 is 10.2 Å². The van der Waals surface area contributed by atoms with Gasteiger partial charge >= 0.3 is 0 Å². The van der Waals surface area contributed by atoms with Crippen LogP contribution in [0.4, 0.5) is 17.1 Å². The average molecular weight is 473 g/mol. The van der Waals surface area contributed by atoms with E-state index in [0.29, 0.717) is 6.54 Å². The molecule has 0 saturated heterocycles. The van der Waals surface area contributed by atoms with Gasteiger partial charge in [-0.15, -0.1) is 10.2 Å². The molecule has 1 N–H and O–H groups in total. The third-order valence-electron chi connectivity index (χ3n) is 5.29. The van der Waals surface area contributed by atoms with Gasteiger partial charge in [0.1, 0.15) is 0 Å². The van der Waals surface area contributed by atoms with E-state index in [4.69, 9.17) is 0 Å². The summed E-state index contributed by atoms with van der Waals surface area (Å²) in [6.45, 7) is 6.81. The van der Waals surface area contributed by atoms with Crippen molar-refractivity contribution in [3.05, 3.63) is 79.1 Å².